The normalized spacial score (nSPS) is 12.8. The van der Waals surface area contributed by atoms with Gasteiger partial charge in [-0.25, -0.2) is 13.8 Å². The fourth-order valence-electron chi connectivity index (χ4n) is 4.76. The Kier molecular flexibility index (Phi) is 9.62. The van der Waals surface area contributed by atoms with Gasteiger partial charge in [0.2, 0.25) is 5.91 Å². The van der Waals surface area contributed by atoms with E-state index >= 15 is 0 Å². The number of hydrogen-bond acceptors (Lipinski definition) is 10. The quantitative estimate of drug-likeness (QED) is 0.236. The average molecular weight is 642 g/mol. The standard InChI is InChI=1S/C30H36FN7O6S/c1-17(2)35-27(40)30(6,7)37-24(39)23-18(3)25(38-33-11-12-34-38)45-26(23)36(28(37)41)15-22(44-16-29(4,5)42)20-14-19(31)8-9-21(20)43-13-10-32/h8-9,11-12,14,17,22,42H,13,15-16H2,1-7H3,(H,35,40)/t22-/m0/s1. The summed E-state index contributed by atoms with van der Waals surface area (Å²) >= 11 is 1.09. The van der Waals surface area contributed by atoms with Crippen LogP contribution in [-0.2, 0) is 21.6 Å². The first kappa shape index (κ1) is 33.5. The van der Waals surface area contributed by atoms with Crippen LogP contribution in [0.2, 0.25) is 0 Å². The van der Waals surface area contributed by atoms with E-state index in [1.165, 1.54) is 61.6 Å². The van der Waals surface area contributed by atoms with Crippen LogP contribution in [0.25, 0.3) is 15.2 Å². The van der Waals surface area contributed by atoms with Gasteiger partial charge in [0.25, 0.3) is 5.56 Å². The zero-order valence-corrected chi connectivity index (χ0v) is 26.9. The molecule has 1 amide bonds. The molecule has 15 heteroatoms. The van der Waals surface area contributed by atoms with Crippen molar-refractivity contribution in [2.75, 3.05) is 13.2 Å². The molecule has 0 bridgehead atoms. The summed E-state index contributed by atoms with van der Waals surface area (Å²) in [7, 11) is 0. The van der Waals surface area contributed by atoms with Crippen molar-refractivity contribution >= 4 is 27.5 Å². The summed E-state index contributed by atoms with van der Waals surface area (Å²) in [4.78, 5) is 43.5. The van der Waals surface area contributed by atoms with E-state index in [1.807, 2.05) is 6.07 Å². The first-order valence-electron chi connectivity index (χ1n) is 14.2. The Bertz CT molecular complexity index is 1860. The predicted molar refractivity (Wildman–Crippen MR) is 165 cm³/mol. The third-order valence-corrected chi connectivity index (χ3v) is 8.20. The maximum atomic E-state index is 14.7. The summed E-state index contributed by atoms with van der Waals surface area (Å²) in [6.07, 6.45) is 1.83. The molecule has 240 valence electrons. The lowest BCUT2D eigenvalue weighted by Crippen LogP contribution is -2.56. The van der Waals surface area contributed by atoms with Crippen molar-refractivity contribution in [3.8, 4) is 16.8 Å². The van der Waals surface area contributed by atoms with Crippen LogP contribution in [0.5, 0.6) is 5.75 Å². The molecule has 1 atom stereocenters. The summed E-state index contributed by atoms with van der Waals surface area (Å²) in [5.41, 5.74) is -3.78. The predicted octanol–water partition coefficient (Wildman–Crippen LogP) is 2.94. The van der Waals surface area contributed by atoms with Crippen LogP contribution in [0.15, 0.2) is 40.2 Å². The first-order valence-corrected chi connectivity index (χ1v) is 15.0. The van der Waals surface area contributed by atoms with Gasteiger partial charge in [0.15, 0.2) is 6.61 Å². The number of nitriles is 1. The second kappa shape index (κ2) is 12.9. The van der Waals surface area contributed by atoms with E-state index in [-0.39, 0.29) is 47.3 Å². The van der Waals surface area contributed by atoms with E-state index in [4.69, 9.17) is 14.7 Å². The number of thiophene rings is 1. The Balaban J connectivity index is 2.03. The molecule has 0 saturated carbocycles. The Hall–Kier alpha value is -4.39. The van der Waals surface area contributed by atoms with Gasteiger partial charge in [-0.1, -0.05) is 11.3 Å². The minimum atomic E-state index is -1.63. The van der Waals surface area contributed by atoms with Gasteiger partial charge in [0.1, 0.15) is 39.1 Å². The van der Waals surface area contributed by atoms with E-state index in [1.54, 1.807) is 20.8 Å². The van der Waals surface area contributed by atoms with E-state index in [0.29, 0.717) is 10.6 Å². The first-order chi connectivity index (χ1) is 21.1. The molecule has 0 radical (unpaired) electrons. The fraction of sp³-hybridized carbons (Fsp3) is 0.467. The van der Waals surface area contributed by atoms with Crippen LogP contribution in [0.4, 0.5) is 4.39 Å². The summed E-state index contributed by atoms with van der Waals surface area (Å²) in [5.74, 6) is -1.03. The number of nitrogens with zero attached hydrogens (tertiary/aromatic N) is 6. The molecule has 3 heterocycles. The van der Waals surface area contributed by atoms with Crippen molar-refractivity contribution in [2.45, 2.75) is 78.3 Å². The molecule has 2 N–H and O–H groups in total. The number of carbonyl (C=O) groups is 1. The van der Waals surface area contributed by atoms with E-state index in [9.17, 15) is 23.9 Å². The SMILES string of the molecule is Cc1c(-n2nccn2)sc2c1c(=O)n(C(C)(C)C(=O)NC(C)C)c(=O)n2C[C@H](OCC(C)(C)O)c1cc(F)ccc1OCC#N. The number of fused-ring (bicyclic) bond motifs is 1. The molecule has 45 heavy (non-hydrogen) atoms. The summed E-state index contributed by atoms with van der Waals surface area (Å²) in [5, 5.41) is 31.4. The number of aryl methyl sites for hydroxylation is 1. The average Bonchev–Trinajstić information content (AvgIpc) is 3.59. The number of ether oxygens (including phenoxy) is 2. The molecule has 0 fully saturated rings. The van der Waals surface area contributed by atoms with E-state index in [0.717, 1.165) is 22.0 Å². The minimum Gasteiger partial charge on any atom is -0.478 e. The molecule has 0 aliphatic heterocycles. The Morgan fingerprint density at radius 3 is 2.47 bits per heavy atom. The Morgan fingerprint density at radius 1 is 1.20 bits per heavy atom. The Labute approximate surface area is 262 Å². The lowest BCUT2D eigenvalue weighted by molar-refractivity contribution is -0.129. The van der Waals surface area contributed by atoms with Gasteiger partial charge in [-0.15, -0.1) is 4.80 Å². The Morgan fingerprint density at radius 2 is 1.87 bits per heavy atom. The largest absolute Gasteiger partial charge is 0.478 e. The van der Waals surface area contributed by atoms with Crippen molar-refractivity contribution in [1.29, 1.82) is 5.26 Å². The molecule has 3 aromatic heterocycles. The summed E-state index contributed by atoms with van der Waals surface area (Å²) in [6, 6.07) is 5.28. The lowest BCUT2D eigenvalue weighted by Gasteiger charge is -2.29. The highest BCUT2D eigenvalue weighted by atomic mass is 32.1. The van der Waals surface area contributed by atoms with Crippen molar-refractivity contribution in [1.82, 2.24) is 29.4 Å². The van der Waals surface area contributed by atoms with Crippen LogP contribution in [0, 0.1) is 24.1 Å². The smallest absolute Gasteiger partial charge is 0.333 e. The molecular weight excluding hydrogens is 605 g/mol. The third-order valence-electron chi connectivity index (χ3n) is 6.92. The second-order valence-electron chi connectivity index (χ2n) is 12.0. The van der Waals surface area contributed by atoms with Crippen LogP contribution < -0.4 is 21.3 Å². The third kappa shape index (κ3) is 6.98. The van der Waals surface area contributed by atoms with Crippen LogP contribution in [0.3, 0.4) is 0 Å². The highest BCUT2D eigenvalue weighted by Gasteiger charge is 2.36. The highest BCUT2D eigenvalue weighted by molar-refractivity contribution is 7.21. The minimum absolute atomic E-state index is 0.136. The van der Waals surface area contributed by atoms with Gasteiger partial charge in [0.05, 0.1) is 36.5 Å². The molecule has 0 aliphatic carbocycles. The molecule has 0 unspecified atom stereocenters. The number of amides is 1. The van der Waals surface area contributed by atoms with Gasteiger partial charge >= 0.3 is 5.69 Å². The fourth-order valence-corrected chi connectivity index (χ4v) is 5.98. The van der Waals surface area contributed by atoms with Crippen LogP contribution in [0.1, 0.15) is 58.8 Å². The van der Waals surface area contributed by atoms with E-state index in [2.05, 4.69) is 15.5 Å². The number of benzene rings is 1. The number of aliphatic hydroxyl groups is 1. The van der Waals surface area contributed by atoms with Gasteiger partial charge in [-0.05, 0) is 66.7 Å². The van der Waals surface area contributed by atoms with Crippen LogP contribution >= 0.6 is 11.3 Å². The topological polar surface area (TPSA) is 166 Å². The van der Waals surface area contributed by atoms with Crippen molar-refractivity contribution in [3.63, 3.8) is 0 Å². The van der Waals surface area contributed by atoms with Crippen LogP contribution in [-0.4, -0.2) is 60.0 Å². The maximum Gasteiger partial charge on any atom is 0.333 e. The van der Waals surface area contributed by atoms with Gasteiger partial charge < -0.3 is 19.9 Å². The molecule has 13 nitrogen and oxygen atoms in total. The summed E-state index contributed by atoms with van der Waals surface area (Å²) < 4.78 is 28.5. The lowest BCUT2D eigenvalue weighted by atomic mass is 10.0. The number of aromatic nitrogens is 5. The molecule has 0 aliphatic rings. The molecular formula is C30H36FN7O6S. The highest BCUT2D eigenvalue weighted by Crippen LogP contribution is 2.35. The monoisotopic (exact) mass is 641 g/mol. The van der Waals surface area contributed by atoms with Crippen molar-refractivity contribution < 1.29 is 23.8 Å². The molecule has 0 spiro atoms. The number of rotatable bonds is 12. The number of nitrogens with one attached hydrogen (secondary N) is 1. The van der Waals surface area contributed by atoms with Crippen molar-refractivity contribution in [2.24, 2.45) is 0 Å². The molecule has 0 saturated heterocycles. The number of hydrogen-bond donors (Lipinski definition) is 2. The number of carbonyl (C=O) groups excluding carboxylic acids is 1. The van der Waals surface area contributed by atoms with E-state index < -0.39 is 40.2 Å². The molecule has 4 aromatic rings. The number of halogens is 1. The van der Waals surface area contributed by atoms with Gasteiger partial charge in [-0.3, -0.25) is 14.2 Å². The molecule has 1 aromatic carbocycles. The van der Waals surface area contributed by atoms with Gasteiger partial charge in [-0.2, -0.15) is 15.5 Å². The maximum absolute atomic E-state index is 14.7. The molecule has 4 rings (SSSR count). The summed E-state index contributed by atoms with van der Waals surface area (Å²) in [6.45, 7) is 10.4. The second-order valence-corrected chi connectivity index (χ2v) is 13.0. The zero-order chi connectivity index (χ0) is 33.3. The van der Waals surface area contributed by atoms with Crippen molar-refractivity contribution in [3.05, 3.63) is 68.4 Å². The zero-order valence-electron chi connectivity index (χ0n) is 26.1. The van der Waals surface area contributed by atoms with Gasteiger partial charge in [0, 0.05) is 17.2 Å².